The maximum absolute atomic E-state index is 11.7. The van der Waals surface area contributed by atoms with E-state index in [-0.39, 0.29) is 5.91 Å². The van der Waals surface area contributed by atoms with E-state index in [9.17, 15) is 4.79 Å². The van der Waals surface area contributed by atoms with Gasteiger partial charge in [0, 0.05) is 38.0 Å². The molecule has 130 valence electrons. The standard InChI is InChI=1S/C18H20N4O2S/c1-24-11-6-17(23)20-9-10-22-18(16-3-2-12-25-16)15(13-21-22)14-4-7-19-8-5-14/h2-5,7-8,12-13H,6,9-11H2,1H3,(H,20,23). The lowest BCUT2D eigenvalue weighted by molar-refractivity contribution is -0.121. The van der Waals surface area contributed by atoms with Gasteiger partial charge in [0.2, 0.25) is 5.91 Å². The third kappa shape index (κ3) is 4.32. The number of rotatable bonds is 8. The van der Waals surface area contributed by atoms with E-state index in [4.69, 9.17) is 4.74 Å². The topological polar surface area (TPSA) is 69.0 Å². The molecular weight excluding hydrogens is 336 g/mol. The van der Waals surface area contributed by atoms with Crippen molar-refractivity contribution >= 4 is 17.2 Å². The van der Waals surface area contributed by atoms with E-state index in [1.54, 1.807) is 30.8 Å². The van der Waals surface area contributed by atoms with Crippen LogP contribution in [0.3, 0.4) is 0 Å². The first-order chi connectivity index (χ1) is 12.3. The Morgan fingerprint density at radius 3 is 2.88 bits per heavy atom. The van der Waals surface area contributed by atoms with E-state index < -0.39 is 0 Å². The number of carbonyl (C=O) groups is 1. The highest BCUT2D eigenvalue weighted by atomic mass is 32.1. The van der Waals surface area contributed by atoms with Crippen molar-refractivity contribution in [3.63, 3.8) is 0 Å². The average molecular weight is 356 g/mol. The second-order valence-electron chi connectivity index (χ2n) is 5.44. The summed E-state index contributed by atoms with van der Waals surface area (Å²) < 4.78 is 6.86. The van der Waals surface area contributed by atoms with E-state index in [0.29, 0.717) is 26.1 Å². The molecule has 0 aromatic carbocycles. The van der Waals surface area contributed by atoms with Gasteiger partial charge in [-0.05, 0) is 29.1 Å². The maximum atomic E-state index is 11.7. The minimum atomic E-state index is -0.0129. The summed E-state index contributed by atoms with van der Waals surface area (Å²) in [5.74, 6) is -0.0129. The highest BCUT2D eigenvalue weighted by Gasteiger charge is 2.15. The van der Waals surface area contributed by atoms with Crippen LogP contribution in [0.15, 0.2) is 48.2 Å². The molecule has 0 aliphatic rings. The Kier molecular flexibility index (Phi) is 5.92. The second-order valence-corrected chi connectivity index (χ2v) is 6.38. The third-order valence-electron chi connectivity index (χ3n) is 3.76. The summed E-state index contributed by atoms with van der Waals surface area (Å²) in [6.07, 6.45) is 5.80. The first-order valence-corrected chi connectivity index (χ1v) is 8.93. The first-order valence-electron chi connectivity index (χ1n) is 8.05. The highest BCUT2D eigenvalue weighted by molar-refractivity contribution is 7.13. The average Bonchev–Trinajstić information content (AvgIpc) is 3.30. The van der Waals surface area contributed by atoms with Crippen molar-refractivity contribution in [2.24, 2.45) is 0 Å². The molecule has 3 heterocycles. The number of amides is 1. The Bertz CT molecular complexity index is 800. The van der Waals surface area contributed by atoms with Gasteiger partial charge in [0.1, 0.15) is 0 Å². The van der Waals surface area contributed by atoms with Crippen molar-refractivity contribution in [2.75, 3.05) is 20.3 Å². The molecule has 3 rings (SSSR count). The molecule has 0 radical (unpaired) electrons. The van der Waals surface area contributed by atoms with Crippen LogP contribution >= 0.6 is 11.3 Å². The molecule has 0 bridgehead atoms. The number of aromatic nitrogens is 3. The van der Waals surface area contributed by atoms with Crippen LogP contribution in [0.5, 0.6) is 0 Å². The summed E-state index contributed by atoms with van der Waals surface area (Å²) in [5.41, 5.74) is 3.21. The SMILES string of the molecule is COCCC(=O)NCCn1ncc(-c2ccncc2)c1-c1cccs1. The molecule has 6 nitrogen and oxygen atoms in total. The van der Waals surface area contributed by atoms with Gasteiger partial charge in [-0.1, -0.05) is 6.07 Å². The van der Waals surface area contributed by atoms with E-state index in [0.717, 1.165) is 21.7 Å². The number of methoxy groups -OCH3 is 1. The summed E-state index contributed by atoms with van der Waals surface area (Å²) in [7, 11) is 1.59. The first kappa shape index (κ1) is 17.3. The van der Waals surface area contributed by atoms with Crippen LogP contribution in [0.4, 0.5) is 0 Å². The number of nitrogens with one attached hydrogen (secondary N) is 1. The zero-order valence-electron chi connectivity index (χ0n) is 14.0. The van der Waals surface area contributed by atoms with Crippen LogP contribution in [-0.4, -0.2) is 40.9 Å². The molecule has 1 amide bonds. The van der Waals surface area contributed by atoms with E-state index in [1.165, 1.54) is 0 Å². The van der Waals surface area contributed by atoms with Crippen LogP contribution in [0.25, 0.3) is 21.7 Å². The summed E-state index contributed by atoms with van der Waals surface area (Å²) >= 11 is 1.67. The van der Waals surface area contributed by atoms with E-state index >= 15 is 0 Å². The monoisotopic (exact) mass is 356 g/mol. The Morgan fingerprint density at radius 2 is 2.16 bits per heavy atom. The van der Waals surface area contributed by atoms with Gasteiger partial charge in [-0.15, -0.1) is 11.3 Å². The van der Waals surface area contributed by atoms with Crippen LogP contribution in [0.2, 0.25) is 0 Å². The number of thiophene rings is 1. The van der Waals surface area contributed by atoms with Gasteiger partial charge in [0.15, 0.2) is 0 Å². The lowest BCUT2D eigenvalue weighted by atomic mass is 10.1. The number of nitrogens with zero attached hydrogens (tertiary/aromatic N) is 3. The van der Waals surface area contributed by atoms with Crippen molar-refractivity contribution in [3.05, 3.63) is 48.2 Å². The summed E-state index contributed by atoms with van der Waals surface area (Å²) in [4.78, 5) is 16.9. The van der Waals surface area contributed by atoms with Gasteiger partial charge in [-0.2, -0.15) is 5.10 Å². The Balaban J connectivity index is 1.78. The number of hydrogen-bond donors (Lipinski definition) is 1. The molecule has 0 atom stereocenters. The third-order valence-corrected chi connectivity index (χ3v) is 4.64. The molecule has 3 aromatic rings. The molecular formula is C18H20N4O2S. The van der Waals surface area contributed by atoms with Crippen LogP contribution in [0, 0.1) is 0 Å². The molecule has 7 heteroatoms. The van der Waals surface area contributed by atoms with Gasteiger partial charge in [-0.25, -0.2) is 0 Å². The molecule has 0 fully saturated rings. The molecule has 3 aromatic heterocycles. The maximum Gasteiger partial charge on any atom is 0.222 e. The number of pyridine rings is 1. The fourth-order valence-electron chi connectivity index (χ4n) is 2.56. The Hall–Kier alpha value is -2.51. The van der Waals surface area contributed by atoms with E-state index in [1.807, 2.05) is 29.1 Å². The lowest BCUT2D eigenvalue weighted by Crippen LogP contribution is -2.28. The van der Waals surface area contributed by atoms with E-state index in [2.05, 4.69) is 26.8 Å². The quantitative estimate of drug-likeness (QED) is 0.674. The van der Waals surface area contributed by atoms with Gasteiger partial charge in [0.25, 0.3) is 0 Å². The van der Waals surface area contributed by atoms with Crippen molar-refractivity contribution in [1.29, 1.82) is 0 Å². The molecule has 25 heavy (non-hydrogen) atoms. The predicted molar refractivity (Wildman–Crippen MR) is 98.3 cm³/mol. The zero-order valence-corrected chi connectivity index (χ0v) is 14.8. The van der Waals surface area contributed by atoms with Crippen LogP contribution in [0.1, 0.15) is 6.42 Å². The smallest absolute Gasteiger partial charge is 0.222 e. The Morgan fingerprint density at radius 1 is 1.32 bits per heavy atom. The van der Waals surface area contributed by atoms with Crippen molar-refractivity contribution < 1.29 is 9.53 Å². The van der Waals surface area contributed by atoms with Gasteiger partial charge >= 0.3 is 0 Å². The van der Waals surface area contributed by atoms with Crippen molar-refractivity contribution in [2.45, 2.75) is 13.0 Å². The number of carbonyl (C=O) groups excluding carboxylic acids is 1. The molecule has 0 aliphatic carbocycles. The Labute approximate surface area is 150 Å². The summed E-state index contributed by atoms with van der Waals surface area (Å²) in [6.45, 7) is 1.57. The number of hydrogen-bond acceptors (Lipinski definition) is 5. The highest BCUT2D eigenvalue weighted by Crippen LogP contribution is 2.34. The summed E-state index contributed by atoms with van der Waals surface area (Å²) in [5, 5.41) is 9.49. The minimum absolute atomic E-state index is 0.0129. The number of ether oxygens (including phenoxy) is 1. The molecule has 0 saturated carbocycles. The largest absolute Gasteiger partial charge is 0.384 e. The van der Waals surface area contributed by atoms with Crippen LogP contribution in [-0.2, 0) is 16.1 Å². The fraction of sp³-hybridized carbons (Fsp3) is 0.278. The van der Waals surface area contributed by atoms with Crippen molar-refractivity contribution in [3.8, 4) is 21.7 Å². The lowest BCUT2D eigenvalue weighted by Gasteiger charge is -2.10. The second kappa shape index (κ2) is 8.55. The van der Waals surface area contributed by atoms with Crippen molar-refractivity contribution in [1.82, 2.24) is 20.1 Å². The van der Waals surface area contributed by atoms with Gasteiger partial charge in [-0.3, -0.25) is 14.5 Å². The molecule has 1 N–H and O–H groups in total. The molecule has 0 saturated heterocycles. The molecule has 0 spiro atoms. The zero-order chi connectivity index (χ0) is 17.5. The normalized spacial score (nSPS) is 10.8. The summed E-state index contributed by atoms with van der Waals surface area (Å²) in [6, 6.07) is 8.07. The van der Waals surface area contributed by atoms with Gasteiger partial charge < -0.3 is 10.1 Å². The minimum Gasteiger partial charge on any atom is -0.384 e. The predicted octanol–water partition coefficient (Wildman–Crippen LogP) is 2.83. The fourth-order valence-corrected chi connectivity index (χ4v) is 3.34. The molecule has 0 unspecified atom stereocenters. The van der Waals surface area contributed by atoms with Gasteiger partial charge in [0.05, 0.1) is 29.9 Å². The van der Waals surface area contributed by atoms with Crippen LogP contribution < -0.4 is 5.32 Å². The molecule has 0 aliphatic heterocycles.